The Kier molecular flexibility index (Phi) is 3.34. The van der Waals surface area contributed by atoms with Crippen molar-refractivity contribution >= 4 is 6.09 Å². The Morgan fingerprint density at radius 2 is 1.94 bits per heavy atom. The first-order valence-corrected chi connectivity index (χ1v) is 6.61. The highest BCUT2D eigenvalue weighted by molar-refractivity contribution is 5.68. The molecule has 0 aromatic carbocycles. The van der Waals surface area contributed by atoms with Crippen molar-refractivity contribution in [2.75, 3.05) is 0 Å². The quantitative estimate of drug-likeness (QED) is 0.737. The van der Waals surface area contributed by atoms with Gasteiger partial charge in [-0.05, 0) is 46.0 Å². The standard InChI is InChI=1S/C13H24N2O2/c1-8-7-11(10-6-5-9(8)14-10)15-12(16)17-13(2,3)4/h8-11,14H,5-7H2,1-4H3,(H,15,16)/t8-,9+,10-,11-/m1/s1. The van der Waals surface area contributed by atoms with Gasteiger partial charge in [0.2, 0.25) is 0 Å². The van der Waals surface area contributed by atoms with Crippen molar-refractivity contribution in [3.63, 3.8) is 0 Å². The van der Waals surface area contributed by atoms with Crippen LogP contribution in [-0.2, 0) is 4.74 Å². The summed E-state index contributed by atoms with van der Waals surface area (Å²) in [5.41, 5.74) is -0.421. The van der Waals surface area contributed by atoms with Crippen LogP contribution in [0.1, 0.15) is 47.0 Å². The van der Waals surface area contributed by atoms with Crippen molar-refractivity contribution in [3.8, 4) is 0 Å². The fourth-order valence-electron chi connectivity index (χ4n) is 2.91. The minimum atomic E-state index is -0.421. The van der Waals surface area contributed by atoms with Crippen LogP contribution in [0.3, 0.4) is 0 Å². The van der Waals surface area contributed by atoms with E-state index in [-0.39, 0.29) is 12.1 Å². The lowest BCUT2D eigenvalue weighted by molar-refractivity contribution is 0.0475. The van der Waals surface area contributed by atoms with Crippen LogP contribution in [0, 0.1) is 5.92 Å². The number of nitrogens with one attached hydrogen (secondary N) is 2. The molecule has 0 aliphatic carbocycles. The second-order valence-electron chi connectivity index (χ2n) is 6.42. The average Bonchev–Trinajstić information content (AvgIpc) is 2.56. The van der Waals surface area contributed by atoms with Crippen LogP contribution in [-0.4, -0.2) is 29.8 Å². The van der Waals surface area contributed by atoms with Crippen molar-refractivity contribution in [3.05, 3.63) is 0 Å². The second kappa shape index (κ2) is 4.48. The summed E-state index contributed by atoms with van der Waals surface area (Å²) < 4.78 is 5.30. The molecule has 2 aliphatic rings. The first kappa shape index (κ1) is 12.7. The van der Waals surface area contributed by atoms with Gasteiger partial charge in [0.25, 0.3) is 0 Å². The van der Waals surface area contributed by atoms with Crippen molar-refractivity contribution in [1.82, 2.24) is 10.6 Å². The molecule has 4 heteroatoms. The van der Waals surface area contributed by atoms with Crippen molar-refractivity contribution in [2.24, 2.45) is 5.92 Å². The molecular weight excluding hydrogens is 216 g/mol. The van der Waals surface area contributed by atoms with E-state index in [1.807, 2.05) is 20.8 Å². The highest BCUT2D eigenvalue weighted by Gasteiger charge is 2.40. The van der Waals surface area contributed by atoms with Crippen molar-refractivity contribution in [2.45, 2.75) is 70.7 Å². The number of hydrogen-bond donors (Lipinski definition) is 2. The third-order valence-electron chi connectivity index (χ3n) is 3.72. The largest absolute Gasteiger partial charge is 0.444 e. The van der Waals surface area contributed by atoms with E-state index in [2.05, 4.69) is 17.6 Å². The molecule has 4 atom stereocenters. The lowest BCUT2D eigenvalue weighted by Crippen LogP contribution is -2.55. The number of ether oxygens (including phenoxy) is 1. The zero-order valence-electron chi connectivity index (χ0n) is 11.2. The fourth-order valence-corrected chi connectivity index (χ4v) is 2.91. The molecule has 17 heavy (non-hydrogen) atoms. The van der Waals surface area contributed by atoms with Gasteiger partial charge in [0.15, 0.2) is 0 Å². The minimum Gasteiger partial charge on any atom is -0.444 e. The van der Waals surface area contributed by atoms with Crippen LogP contribution in [0.2, 0.25) is 0 Å². The number of carbonyl (C=O) groups excluding carboxylic acids is 1. The first-order chi connectivity index (χ1) is 7.85. The van der Waals surface area contributed by atoms with Gasteiger partial charge < -0.3 is 15.4 Å². The Labute approximate surface area is 103 Å². The van der Waals surface area contributed by atoms with Crippen molar-refractivity contribution in [1.29, 1.82) is 0 Å². The highest BCUT2D eigenvalue weighted by Crippen LogP contribution is 2.31. The summed E-state index contributed by atoms with van der Waals surface area (Å²) in [5.74, 6) is 0.633. The number of piperidine rings is 1. The van der Waals surface area contributed by atoms with Crippen LogP contribution >= 0.6 is 0 Å². The predicted octanol–water partition coefficient (Wildman–Crippen LogP) is 2.04. The molecule has 2 bridgehead atoms. The summed E-state index contributed by atoms with van der Waals surface area (Å²) in [6.07, 6.45) is 3.16. The molecule has 0 spiro atoms. The molecule has 2 fully saturated rings. The first-order valence-electron chi connectivity index (χ1n) is 6.61. The number of carbonyl (C=O) groups is 1. The van der Waals surface area contributed by atoms with E-state index in [9.17, 15) is 4.79 Å². The number of hydrogen-bond acceptors (Lipinski definition) is 3. The molecule has 0 aromatic heterocycles. The molecule has 2 rings (SSSR count). The van der Waals surface area contributed by atoms with E-state index in [1.54, 1.807) is 0 Å². The second-order valence-corrected chi connectivity index (χ2v) is 6.42. The topological polar surface area (TPSA) is 50.4 Å². The number of amides is 1. The number of rotatable bonds is 1. The molecule has 2 N–H and O–H groups in total. The van der Waals surface area contributed by atoms with Crippen LogP contribution in [0.5, 0.6) is 0 Å². The van der Waals surface area contributed by atoms with Gasteiger partial charge in [0.05, 0.1) is 0 Å². The van der Waals surface area contributed by atoms with E-state index in [0.29, 0.717) is 18.0 Å². The Balaban J connectivity index is 1.88. The van der Waals surface area contributed by atoms with E-state index in [1.165, 1.54) is 6.42 Å². The maximum absolute atomic E-state index is 11.7. The molecule has 0 aromatic rings. The summed E-state index contributed by atoms with van der Waals surface area (Å²) in [4.78, 5) is 11.7. The highest BCUT2D eigenvalue weighted by atomic mass is 16.6. The Morgan fingerprint density at radius 3 is 2.59 bits per heavy atom. The Morgan fingerprint density at radius 1 is 1.29 bits per heavy atom. The lowest BCUT2D eigenvalue weighted by atomic mass is 9.90. The molecule has 2 aliphatic heterocycles. The number of fused-ring (bicyclic) bond motifs is 2. The molecule has 1 amide bonds. The molecular formula is C13H24N2O2. The molecule has 2 heterocycles. The van der Waals surface area contributed by atoms with Crippen LogP contribution < -0.4 is 10.6 Å². The van der Waals surface area contributed by atoms with Crippen LogP contribution in [0.15, 0.2) is 0 Å². The van der Waals surface area contributed by atoms with Gasteiger partial charge in [0, 0.05) is 18.1 Å². The van der Waals surface area contributed by atoms with E-state index >= 15 is 0 Å². The van der Waals surface area contributed by atoms with E-state index < -0.39 is 5.60 Å². The van der Waals surface area contributed by atoms with Crippen LogP contribution in [0.4, 0.5) is 4.79 Å². The van der Waals surface area contributed by atoms with Gasteiger partial charge in [-0.25, -0.2) is 4.79 Å². The third kappa shape index (κ3) is 3.12. The zero-order chi connectivity index (χ0) is 12.6. The average molecular weight is 240 g/mol. The maximum Gasteiger partial charge on any atom is 0.407 e. The van der Waals surface area contributed by atoms with Gasteiger partial charge in [-0.2, -0.15) is 0 Å². The van der Waals surface area contributed by atoms with Gasteiger partial charge in [-0.3, -0.25) is 0 Å². The maximum atomic E-state index is 11.7. The molecule has 98 valence electrons. The summed E-state index contributed by atoms with van der Waals surface area (Å²) in [6.45, 7) is 7.92. The normalized spacial score (nSPS) is 36.7. The van der Waals surface area contributed by atoms with Crippen LogP contribution in [0.25, 0.3) is 0 Å². The predicted molar refractivity (Wildman–Crippen MR) is 66.9 cm³/mol. The molecule has 4 nitrogen and oxygen atoms in total. The fraction of sp³-hybridized carbons (Fsp3) is 0.923. The minimum absolute atomic E-state index is 0.221. The smallest absolute Gasteiger partial charge is 0.407 e. The molecule has 0 radical (unpaired) electrons. The summed E-state index contributed by atoms with van der Waals surface area (Å²) >= 11 is 0. The van der Waals surface area contributed by atoms with E-state index in [4.69, 9.17) is 4.74 Å². The summed E-state index contributed by atoms with van der Waals surface area (Å²) in [6, 6.07) is 1.30. The molecule has 0 unspecified atom stereocenters. The van der Waals surface area contributed by atoms with Crippen molar-refractivity contribution < 1.29 is 9.53 Å². The third-order valence-corrected chi connectivity index (χ3v) is 3.72. The van der Waals surface area contributed by atoms with Gasteiger partial charge in [0.1, 0.15) is 5.60 Å². The summed E-state index contributed by atoms with van der Waals surface area (Å²) in [5, 5.41) is 6.60. The number of alkyl carbamates (subject to hydrolysis) is 1. The Bertz CT molecular complexity index is 298. The molecule has 2 saturated heterocycles. The SMILES string of the molecule is C[C@@H]1C[C@@H](NC(=O)OC(C)(C)C)[C@H]2CC[C@@H]1N2. The van der Waals surface area contributed by atoms with Gasteiger partial charge >= 0.3 is 6.09 Å². The Hall–Kier alpha value is -0.770. The molecule has 0 saturated carbocycles. The van der Waals surface area contributed by atoms with E-state index in [0.717, 1.165) is 12.8 Å². The monoisotopic (exact) mass is 240 g/mol. The lowest BCUT2D eigenvalue weighted by Gasteiger charge is -2.35. The van der Waals surface area contributed by atoms with Gasteiger partial charge in [-0.15, -0.1) is 0 Å². The summed E-state index contributed by atoms with van der Waals surface area (Å²) in [7, 11) is 0. The van der Waals surface area contributed by atoms with Gasteiger partial charge in [-0.1, -0.05) is 6.92 Å². The zero-order valence-corrected chi connectivity index (χ0v) is 11.2.